The van der Waals surface area contributed by atoms with E-state index in [0.717, 1.165) is 22.3 Å². The smallest absolute Gasteiger partial charge is 0.269 e. The summed E-state index contributed by atoms with van der Waals surface area (Å²) in [4.78, 5) is 8.45. The van der Waals surface area contributed by atoms with Gasteiger partial charge in [0.25, 0.3) is 5.95 Å². The van der Waals surface area contributed by atoms with Crippen LogP contribution in [0.1, 0.15) is 11.4 Å². The van der Waals surface area contributed by atoms with Crippen LogP contribution in [0.2, 0.25) is 0 Å². The number of aromatic nitrogens is 3. The summed E-state index contributed by atoms with van der Waals surface area (Å²) in [6, 6.07) is 9.49. The number of azo groups is 1. The van der Waals surface area contributed by atoms with Gasteiger partial charge in [-0.1, -0.05) is 24.3 Å². The first kappa shape index (κ1) is 14.9. The Kier molecular flexibility index (Phi) is 3.89. The van der Waals surface area contributed by atoms with Gasteiger partial charge in [0.05, 0.1) is 5.52 Å². The molecular formula is C17H17N5O. The molecule has 23 heavy (non-hydrogen) atoms. The van der Waals surface area contributed by atoms with E-state index in [9.17, 15) is 5.11 Å². The Morgan fingerprint density at radius 2 is 1.87 bits per heavy atom. The monoisotopic (exact) mass is 307 g/mol. The average molecular weight is 307 g/mol. The number of hydrogen-bond acceptors (Lipinski definition) is 5. The first-order valence-electron chi connectivity index (χ1n) is 7.25. The largest absolute Gasteiger partial charge is 0.493 e. The molecule has 1 aromatic carbocycles. The Balaban J connectivity index is 2.11. The molecule has 0 aliphatic rings. The first-order chi connectivity index (χ1) is 11.1. The van der Waals surface area contributed by atoms with E-state index < -0.39 is 0 Å². The standard InChI is InChI=1S/C17H17N5O/c1-4-9-22-14-8-6-5-7-13(14)15(16(22)23)20-21-17-18-11(2)10-12(3)19-17/h4-8,10,23H,1,9H2,2-3H3. The summed E-state index contributed by atoms with van der Waals surface area (Å²) in [5.74, 6) is 0.335. The van der Waals surface area contributed by atoms with Crippen molar-refractivity contribution < 1.29 is 5.11 Å². The summed E-state index contributed by atoms with van der Waals surface area (Å²) in [5, 5.41) is 19.5. The maximum atomic E-state index is 10.5. The van der Waals surface area contributed by atoms with E-state index in [0.29, 0.717) is 12.2 Å². The van der Waals surface area contributed by atoms with E-state index in [-0.39, 0.29) is 11.8 Å². The summed E-state index contributed by atoms with van der Waals surface area (Å²) in [6.45, 7) is 7.96. The summed E-state index contributed by atoms with van der Waals surface area (Å²) in [7, 11) is 0. The molecule has 2 aromatic heterocycles. The van der Waals surface area contributed by atoms with Crippen LogP contribution < -0.4 is 0 Å². The molecule has 0 aliphatic carbocycles. The molecule has 0 amide bonds. The van der Waals surface area contributed by atoms with Crippen LogP contribution in [0.3, 0.4) is 0 Å². The van der Waals surface area contributed by atoms with Crippen molar-refractivity contribution in [3.8, 4) is 5.88 Å². The molecule has 1 N–H and O–H groups in total. The molecule has 0 radical (unpaired) electrons. The lowest BCUT2D eigenvalue weighted by molar-refractivity contribution is 0.431. The molecule has 0 bridgehead atoms. The highest BCUT2D eigenvalue weighted by Gasteiger charge is 2.15. The SMILES string of the molecule is C=CCn1c(O)c(N=Nc2nc(C)cc(C)n2)c2ccccc21. The van der Waals surface area contributed by atoms with E-state index in [2.05, 4.69) is 26.8 Å². The third-order valence-electron chi connectivity index (χ3n) is 3.44. The van der Waals surface area contributed by atoms with Crippen LogP contribution >= 0.6 is 0 Å². The molecule has 0 aliphatic heterocycles. The summed E-state index contributed by atoms with van der Waals surface area (Å²) in [5.41, 5.74) is 2.93. The predicted octanol–water partition coefficient (Wildman–Crippen LogP) is 4.36. The molecule has 0 unspecified atom stereocenters. The van der Waals surface area contributed by atoms with Gasteiger partial charge in [-0.3, -0.25) is 0 Å². The van der Waals surface area contributed by atoms with Crippen molar-refractivity contribution in [2.24, 2.45) is 10.2 Å². The zero-order valence-corrected chi connectivity index (χ0v) is 13.1. The van der Waals surface area contributed by atoms with Gasteiger partial charge < -0.3 is 9.67 Å². The van der Waals surface area contributed by atoms with E-state index in [4.69, 9.17) is 0 Å². The fraction of sp³-hybridized carbons (Fsp3) is 0.176. The minimum absolute atomic E-state index is 0.0548. The molecule has 0 spiro atoms. The lowest BCUT2D eigenvalue weighted by Gasteiger charge is -2.01. The Labute approximate surface area is 133 Å². The average Bonchev–Trinajstić information content (AvgIpc) is 2.77. The Bertz CT molecular complexity index is 890. The number of para-hydroxylation sites is 1. The summed E-state index contributed by atoms with van der Waals surface area (Å²) < 4.78 is 1.74. The van der Waals surface area contributed by atoms with Crippen molar-refractivity contribution in [2.75, 3.05) is 0 Å². The minimum Gasteiger partial charge on any atom is -0.493 e. The van der Waals surface area contributed by atoms with E-state index >= 15 is 0 Å². The lowest BCUT2D eigenvalue weighted by Crippen LogP contribution is -1.92. The van der Waals surface area contributed by atoms with Gasteiger partial charge in [-0.2, -0.15) is 0 Å². The molecule has 0 saturated heterocycles. The number of aromatic hydroxyl groups is 1. The molecule has 0 atom stereocenters. The van der Waals surface area contributed by atoms with Crippen molar-refractivity contribution in [1.82, 2.24) is 14.5 Å². The normalized spacial score (nSPS) is 11.4. The van der Waals surface area contributed by atoms with Crippen LogP contribution in [0.4, 0.5) is 11.6 Å². The van der Waals surface area contributed by atoms with Crippen LogP contribution in [-0.2, 0) is 6.54 Å². The van der Waals surface area contributed by atoms with Crippen molar-refractivity contribution in [3.05, 3.63) is 54.4 Å². The van der Waals surface area contributed by atoms with Gasteiger partial charge in [0.15, 0.2) is 5.69 Å². The van der Waals surface area contributed by atoms with Crippen LogP contribution in [-0.4, -0.2) is 19.6 Å². The lowest BCUT2D eigenvalue weighted by atomic mass is 10.2. The molecule has 6 nitrogen and oxygen atoms in total. The highest BCUT2D eigenvalue weighted by molar-refractivity contribution is 5.95. The summed E-state index contributed by atoms with van der Waals surface area (Å²) >= 11 is 0. The zero-order valence-electron chi connectivity index (χ0n) is 13.1. The Morgan fingerprint density at radius 1 is 1.17 bits per heavy atom. The second-order valence-electron chi connectivity index (χ2n) is 5.24. The second kappa shape index (κ2) is 6.00. The molecule has 0 fully saturated rings. The predicted molar refractivity (Wildman–Crippen MR) is 89.5 cm³/mol. The Hall–Kier alpha value is -3.02. The minimum atomic E-state index is 0.0548. The van der Waals surface area contributed by atoms with Crippen molar-refractivity contribution in [1.29, 1.82) is 0 Å². The van der Waals surface area contributed by atoms with E-state index in [1.807, 2.05) is 44.2 Å². The fourth-order valence-corrected chi connectivity index (χ4v) is 2.53. The number of allylic oxidation sites excluding steroid dienone is 1. The maximum absolute atomic E-state index is 10.5. The van der Waals surface area contributed by atoms with Gasteiger partial charge in [-0.05, 0) is 26.0 Å². The maximum Gasteiger partial charge on any atom is 0.269 e. The molecule has 3 rings (SSSR count). The number of fused-ring (bicyclic) bond motifs is 1. The van der Waals surface area contributed by atoms with Gasteiger partial charge in [0.1, 0.15) is 0 Å². The second-order valence-corrected chi connectivity index (χ2v) is 5.24. The highest BCUT2D eigenvalue weighted by atomic mass is 16.3. The third-order valence-corrected chi connectivity index (χ3v) is 3.44. The first-order valence-corrected chi connectivity index (χ1v) is 7.25. The fourth-order valence-electron chi connectivity index (χ4n) is 2.53. The van der Waals surface area contributed by atoms with E-state index in [1.54, 1.807) is 10.6 Å². The number of hydrogen-bond donors (Lipinski definition) is 1. The highest BCUT2D eigenvalue weighted by Crippen LogP contribution is 2.39. The number of aryl methyl sites for hydroxylation is 2. The van der Waals surface area contributed by atoms with Gasteiger partial charge in [0.2, 0.25) is 5.88 Å². The van der Waals surface area contributed by atoms with Crippen molar-refractivity contribution in [3.63, 3.8) is 0 Å². The van der Waals surface area contributed by atoms with Crippen LogP contribution in [0.5, 0.6) is 5.88 Å². The number of nitrogens with zero attached hydrogens (tertiary/aromatic N) is 5. The van der Waals surface area contributed by atoms with Crippen molar-refractivity contribution >= 4 is 22.5 Å². The topological polar surface area (TPSA) is 75.7 Å². The molecular weight excluding hydrogens is 290 g/mol. The molecule has 6 heteroatoms. The van der Waals surface area contributed by atoms with Gasteiger partial charge in [0, 0.05) is 23.3 Å². The Morgan fingerprint density at radius 3 is 2.57 bits per heavy atom. The van der Waals surface area contributed by atoms with Crippen LogP contribution in [0.25, 0.3) is 10.9 Å². The summed E-state index contributed by atoms with van der Waals surface area (Å²) in [6.07, 6.45) is 1.72. The van der Waals surface area contributed by atoms with Crippen LogP contribution in [0.15, 0.2) is 53.2 Å². The molecule has 0 saturated carbocycles. The van der Waals surface area contributed by atoms with Gasteiger partial charge >= 0.3 is 0 Å². The van der Waals surface area contributed by atoms with Crippen molar-refractivity contribution in [2.45, 2.75) is 20.4 Å². The van der Waals surface area contributed by atoms with E-state index in [1.165, 1.54) is 0 Å². The molecule has 116 valence electrons. The van der Waals surface area contributed by atoms with Gasteiger partial charge in [-0.25, -0.2) is 9.97 Å². The zero-order chi connectivity index (χ0) is 16.4. The molecule has 2 heterocycles. The molecule has 3 aromatic rings. The number of rotatable bonds is 4. The third kappa shape index (κ3) is 2.83. The number of benzene rings is 1. The van der Waals surface area contributed by atoms with Crippen LogP contribution in [0, 0.1) is 13.8 Å². The van der Waals surface area contributed by atoms with Gasteiger partial charge in [-0.15, -0.1) is 16.8 Å². The quantitative estimate of drug-likeness (QED) is 0.575.